The quantitative estimate of drug-likeness (QED) is 0.679. The second-order valence-electron chi connectivity index (χ2n) is 7.28. The van der Waals surface area contributed by atoms with Gasteiger partial charge < -0.3 is 15.2 Å². The van der Waals surface area contributed by atoms with Crippen LogP contribution in [-0.2, 0) is 5.60 Å². The predicted octanol–water partition coefficient (Wildman–Crippen LogP) is 4.92. The number of nitrogens with one attached hydrogen (secondary N) is 1. The molecule has 3 nitrogen and oxygen atoms in total. The van der Waals surface area contributed by atoms with E-state index >= 15 is 0 Å². The minimum Gasteiger partial charge on any atom is -0.480 e. The number of rotatable bonds is 5. The zero-order valence-electron chi connectivity index (χ0n) is 15.6. The van der Waals surface area contributed by atoms with Crippen LogP contribution < -0.4 is 10.1 Å². The normalized spacial score (nSPS) is 18.1. The number of hydrogen-bond acceptors (Lipinski definition) is 3. The number of aliphatic hydroxyl groups is 1. The lowest BCUT2D eigenvalue weighted by Crippen LogP contribution is -2.33. The van der Waals surface area contributed by atoms with Gasteiger partial charge in [0, 0.05) is 18.2 Å². The average molecular weight is 359 g/mol. The first-order valence-corrected chi connectivity index (χ1v) is 9.48. The molecule has 2 N–H and O–H groups in total. The molecule has 138 valence electrons. The van der Waals surface area contributed by atoms with Crippen molar-refractivity contribution in [2.24, 2.45) is 0 Å². The minimum atomic E-state index is -0.760. The summed E-state index contributed by atoms with van der Waals surface area (Å²) < 4.78 is 6.19. The molecule has 1 aliphatic heterocycles. The van der Waals surface area contributed by atoms with Gasteiger partial charge in [-0.25, -0.2) is 0 Å². The van der Waals surface area contributed by atoms with Crippen LogP contribution in [0.4, 0.5) is 5.69 Å². The SMILES string of the molecule is CC(CO)(Oc1ccc(C2CCNc3ccccc32)cc1)c1ccccc1. The third-order valence-electron chi connectivity index (χ3n) is 5.40. The Morgan fingerprint density at radius 2 is 1.67 bits per heavy atom. The van der Waals surface area contributed by atoms with Crippen LogP contribution in [0.1, 0.15) is 36.0 Å². The number of para-hydroxylation sites is 1. The molecule has 0 saturated heterocycles. The van der Waals surface area contributed by atoms with Crippen LogP contribution >= 0.6 is 0 Å². The molecule has 0 bridgehead atoms. The zero-order chi connectivity index (χ0) is 18.7. The van der Waals surface area contributed by atoms with Gasteiger partial charge in [0.05, 0.1) is 6.61 Å². The number of benzene rings is 3. The summed E-state index contributed by atoms with van der Waals surface area (Å²) in [5.74, 6) is 1.16. The molecule has 3 aromatic rings. The monoisotopic (exact) mass is 359 g/mol. The summed E-state index contributed by atoms with van der Waals surface area (Å²) in [4.78, 5) is 0. The third-order valence-corrected chi connectivity index (χ3v) is 5.40. The molecule has 27 heavy (non-hydrogen) atoms. The predicted molar refractivity (Wildman–Crippen MR) is 109 cm³/mol. The van der Waals surface area contributed by atoms with Crippen molar-refractivity contribution >= 4 is 5.69 Å². The largest absolute Gasteiger partial charge is 0.480 e. The van der Waals surface area contributed by atoms with Gasteiger partial charge in [-0.2, -0.15) is 0 Å². The van der Waals surface area contributed by atoms with Crippen LogP contribution in [0.3, 0.4) is 0 Å². The van der Waals surface area contributed by atoms with Gasteiger partial charge in [-0.05, 0) is 48.2 Å². The van der Waals surface area contributed by atoms with Crippen molar-refractivity contribution in [1.29, 1.82) is 0 Å². The maximum atomic E-state index is 9.94. The Bertz CT molecular complexity index is 892. The van der Waals surface area contributed by atoms with E-state index in [0.29, 0.717) is 5.92 Å². The van der Waals surface area contributed by atoms with Gasteiger partial charge in [-0.1, -0.05) is 60.7 Å². The summed E-state index contributed by atoms with van der Waals surface area (Å²) in [6, 6.07) is 26.7. The summed E-state index contributed by atoms with van der Waals surface area (Å²) in [5, 5.41) is 13.4. The van der Waals surface area contributed by atoms with Crippen LogP contribution in [0.15, 0.2) is 78.9 Å². The molecular weight excluding hydrogens is 334 g/mol. The molecule has 3 heteroatoms. The Morgan fingerprint density at radius 1 is 0.963 bits per heavy atom. The molecule has 0 spiro atoms. The molecule has 2 unspecified atom stereocenters. The molecule has 1 aliphatic rings. The minimum absolute atomic E-state index is 0.0829. The number of aliphatic hydroxyl groups excluding tert-OH is 1. The summed E-state index contributed by atoms with van der Waals surface area (Å²) in [6.45, 7) is 2.82. The molecule has 0 fully saturated rings. The van der Waals surface area contributed by atoms with E-state index in [2.05, 4.69) is 41.7 Å². The fraction of sp³-hybridized carbons (Fsp3) is 0.250. The first-order chi connectivity index (χ1) is 13.2. The van der Waals surface area contributed by atoms with Gasteiger partial charge in [0.15, 0.2) is 5.60 Å². The van der Waals surface area contributed by atoms with Crippen molar-refractivity contribution in [1.82, 2.24) is 0 Å². The Morgan fingerprint density at radius 3 is 2.41 bits per heavy atom. The summed E-state index contributed by atoms with van der Waals surface area (Å²) in [7, 11) is 0. The van der Waals surface area contributed by atoms with E-state index in [1.807, 2.05) is 49.4 Å². The second-order valence-corrected chi connectivity index (χ2v) is 7.28. The number of anilines is 1. The highest BCUT2D eigenvalue weighted by Gasteiger charge is 2.28. The Hall–Kier alpha value is -2.78. The number of ether oxygens (including phenoxy) is 1. The highest BCUT2D eigenvalue weighted by molar-refractivity contribution is 5.57. The van der Waals surface area contributed by atoms with E-state index in [1.54, 1.807) is 0 Å². The highest BCUT2D eigenvalue weighted by Crippen LogP contribution is 2.37. The molecular formula is C24H25NO2. The summed E-state index contributed by atoms with van der Waals surface area (Å²) >= 11 is 0. The Kier molecular flexibility index (Phi) is 4.87. The molecule has 0 saturated carbocycles. The standard InChI is InChI=1S/C24H25NO2/c1-24(17-26,19-7-3-2-4-8-19)27-20-13-11-18(12-14-20)21-15-16-25-23-10-6-5-9-22(21)23/h2-14,21,25-26H,15-17H2,1H3. The van der Waals surface area contributed by atoms with Crippen LogP contribution in [0.2, 0.25) is 0 Å². The number of hydrogen-bond donors (Lipinski definition) is 2. The van der Waals surface area contributed by atoms with Crippen LogP contribution in [0.25, 0.3) is 0 Å². The van der Waals surface area contributed by atoms with E-state index in [9.17, 15) is 5.11 Å². The van der Waals surface area contributed by atoms with Crippen molar-refractivity contribution in [2.45, 2.75) is 24.9 Å². The third kappa shape index (κ3) is 3.56. The first-order valence-electron chi connectivity index (χ1n) is 9.48. The van der Waals surface area contributed by atoms with E-state index in [0.717, 1.165) is 24.3 Å². The molecule has 0 aromatic heterocycles. The van der Waals surface area contributed by atoms with E-state index < -0.39 is 5.60 Å². The molecule has 1 heterocycles. The second kappa shape index (κ2) is 7.45. The Labute approximate surface area is 160 Å². The van der Waals surface area contributed by atoms with E-state index in [-0.39, 0.29) is 6.61 Å². The van der Waals surface area contributed by atoms with Gasteiger partial charge >= 0.3 is 0 Å². The van der Waals surface area contributed by atoms with E-state index in [4.69, 9.17) is 4.74 Å². The van der Waals surface area contributed by atoms with Crippen LogP contribution in [-0.4, -0.2) is 18.3 Å². The lowest BCUT2D eigenvalue weighted by Gasteiger charge is -2.30. The lowest BCUT2D eigenvalue weighted by molar-refractivity contribution is 0.0216. The van der Waals surface area contributed by atoms with Gasteiger partial charge in [-0.3, -0.25) is 0 Å². The van der Waals surface area contributed by atoms with Crippen molar-refractivity contribution < 1.29 is 9.84 Å². The first kappa shape index (κ1) is 17.6. The molecule has 0 amide bonds. The fourth-order valence-electron chi connectivity index (χ4n) is 3.82. The fourth-order valence-corrected chi connectivity index (χ4v) is 3.82. The zero-order valence-corrected chi connectivity index (χ0v) is 15.6. The molecule has 3 aromatic carbocycles. The lowest BCUT2D eigenvalue weighted by atomic mass is 9.85. The average Bonchev–Trinajstić information content (AvgIpc) is 2.74. The summed E-state index contributed by atoms with van der Waals surface area (Å²) in [6.07, 6.45) is 1.08. The molecule has 4 rings (SSSR count). The van der Waals surface area contributed by atoms with Crippen LogP contribution in [0, 0.1) is 0 Å². The van der Waals surface area contributed by atoms with Crippen molar-refractivity contribution in [2.75, 3.05) is 18.5 Å². The maximum Gasteiger partial charge on any atom is 0.154 e. The smallest absolute Gasteiger partial charge is 0.154 e. The molecule has 0 aliphatic carbocycles. The van der Waals surface area contributed by atoms with Crippen molar-refractivity contribution in [3.63, 3.8) is 0 Å². The van der Waals surface area contributed by atoms with Crippen molar-refractivity contribution in [3.8, 4) is 5.75 Å². The molecule has 0 radical (unpaired) electrons. The summed E-state index contributed by atoms with van der Waals surface area (Å²) in [5.41, 5.74) is 4.07. The number of fused-ring (bicyclic) bond motifs is 1. The highest BCUT2D eigenvalue weighted by atomic mass is 16.5. The van der Waals surface area contributed by atoms with Gasteiger partial charge in [-0.15, -0.1) is 0 Å². The maximum absolute atomic E-state index is 9.94. The Balaban J connectivity index is 1.57. The van der Waals surface area contributed by atoms with Crippen molar-refractivity contribution in [3.05, 3.63) is 95.6 Å². The van der Waals surface area contributed by atoms with Crippen LogP contribution in [0.5, 0.6) is 5.75 Å². The van der Waals surface area contributed by atoms with Gasteiger partial charge in [0.2, 0.25) is 0 Å². The topological polar surface area (TPSA) is 41.5 Å². The van der Waals surface area contributed by atoms with Gasteiger partial charge in [0.25, 0.3) is 0 Å². The van der Waals surface area contributed by atoms with E-state index in [1.165, 1.54) is 16.8 Å². The molecule has 2 atom stereocenters. The van der Waals surface area contributed by atoms with Gasteiger partial charge in [0.1, 0.15) is 5.75 Å².